The van der Waals surface area contributed by atoms with Gasteiger partial charge in [-0.2, -0.15) is 0 Å². The van der Waals surface area contributed by atoms with E-state index in [1.54, 1.807) is 11.3 Å². The molecular weight excluding hydrogens is 232 g/mol. The minimum Gasteiger partial charge on any atom is -0.384 e. The molecule has 2 N–H and O–H groups in total. The molecule has 0 spiro atoms. The van der Waals surface area contributed by atoms with Crippen LogP contribution in [0.15, 0.2) is 11.4 Å². The third kappa shape index (κ3) is 3.00. The number of nitrogens with two attached hydrogens (primary N) is 1. The van der Waals surface area contributed by atoms with Crippen molar-refractivity contribution in [3.05, 3.63) is 22.8 Å². The molecule has 2 heterocycles. The Labute approximate surface area is 105 Å². The molecule has 0 unspecified atom stereocenters. The summed E-state index contributed by atoms with van der Waals surface area (Å²) >= 11 is 1.55. The fourth-order valence-corrected chi connectivity index (χ4v) is 2.32. The maximum absolute atomic E-state index is 5.81. The molecular formula is C12H16N4S. The minimum absolute atomic E-state index is 0.513. The highest BCUT2D eigenvalue weighted by molar-refractivity contribution is 7.13. The van der Waals surface area contributed by atoms with Crippen LogP contribution >= 0.6 is 11.3 Å². The second kappa shape index (κ2) is 4.79. The number of hydrogen-bond donors (Lipinski definition) is 1. The lowest BCUT2D eigenvalue weighted by molar-refractivity contribution is 0.635. The van der Waals surface area contributed by atoms with Gasteiger partial charge in [-0.1, -0.05) is 13.8 Å². The Morgan fingerprint density at radius 1 is 1.29 bits per heavy atom. The van der Waals surface area contributed by atoms with Crippen LogP contribution < -0.4 is 5.73 Å². The molecule has 2 rings (SSSR count). The van der Waals surface area contributed by atoms with E-state index in [9.17, 15) is 0 Å². The van der Waals surface area contributed by atoms with Crippen molar-refractivity contribution in [2.45, 2.75) is 27.2 Å². The van der Waals surface area contributed by atoms with E-state index in [-0.39, 0.29) is 0 Å². The summed E-state index contributed by atoms with van der Waals surface area (Å²) in [7, 11) is 0. The van der Waals surface area contributed by atoms with Crippen molar-refractivity contribution < 1.29 is 0 Å². The van der Waals surface area contributed by atoms with E-state index in [4.69, 9.17) is 5.73 Å². The van der Waals surface area contributed by atoms with Gasteiger partial charge in [-0.05, 0) is 19.3 Å². The number of aryl methyl sites for hydroxylation is 1. The van der Waals surface area contributed by atoms with Gasteiger partial charge in [-0.15, -0.1) is 11.3 Å². The predicted molar refractivity (Wildman–Crippen MR) is 70.8 cm³/mol. The average Bonchev–Trinajstić information content (AvgIpc) is 2.62. The lowest BCUT2D eigenvalue weighted by Crippen LogP contribution is -2.03. The summed E-state index contributed by atoms with van der Waals surface area (Å²) in [5, 5.41) is 2.82. The normalized spacial score (nSPS) is 11.1. The zero-order valence-electron chi connectivity index (χ0n) is 10.3. The van der Waals surface area contributed by atoms with Gasteiger partial charge in [-0.25, -0.2) is 15.0 Å². The molecule has 0 saturated carbocycles. The molecule has 90 valence electrons. The first-order valence-electron chi connectivity index (χ1n) is 5.60. The highest BCUT2D eigenvalue weighted by atomic mass is 32.1. The Bertz CT molecular complexity index is 519. The molecule has 0 aliphatic carbocycles. The maximum atomic E-state index is 5.81. The van der Waals surface area contributed by atoms with Crippen LogP contribution in [-0.4, -0.2) is 15.0 Å². The zero-order chi connectivity index (χ0) is 12.4. The molecule has 0 radical (unpaired) electrons. The summed E-state index contributed by atoms with van der Waals surface area (Å²) in [6, 6.07) is 1.84. The molecule has 0 aromatic carbocycles. The number of thiazole rings is 1. The predicted octanol–water partition coefficient (Wildman–Crippen LogP) is 2.69. The summed E-state index contributed by atoms with van der Waals surface area (Å²) in [5.74, 6) is 1.70. The van der Waals surface area contributed by atoms with E-state index < -0.39 is 0 Å². The van der Waals surface area contributed by atoms with Crippen LogP contribution in [-0.2, 0) is 6.42 Å². The number of anilines is 1. The molecule has 5 heteroatoms. The molecule has 0 atom stereocenters. The van der Waals surface area contributed by atoms with Crippen LogP contribution in [0.25, 0.3) is 10.8 Å². The molecule has 0 aliphatic heterocycles. The Morgan fingerprint density at radius 3 is 2.65 bits per heavy atom. The van der Waals surface area contributed by atoms with E-state index in [2.05, 4.69) is 28.8 Å². The molecule has 17 heavy (non-hydrogen) atoms. The number of nitrogen functional groups attached to an aromatic ring is 1. The monoisotopic (exact) mass is 248 g/mol. The lowest BCUT2D eigenvalue weighted by atomic mass is 10.1. The van der Waals surface area contributed by atoms with Crippen LogP contribution in [0.1, 0.15) is 25.2 Å². The van der Waals surface area contributed by atoms with Crippen molar-refractivity contribution in [1.29, 1.82) is 0 Å². The Hall–Kier alpha value is -1.49. The van der Waals surface area contributed by atoms with Crippen LogP contribution in [0.4, 0.5) is 5.82 Å². The fourth-order valence-electron chi connectivity index (χ4n) is 1.59. The van der Waals surface area contributed by atoms with Gasteiger partial charge in [-0.3, -0.25) is 0 Å². The van der Waals surface area contributed by atoms with Crippen molar-refractivity contribution in [1.82, 2.24) is 15.0 Å². The SMILES string of the molecule is Cc1csc(-c2nc(N)cc(CC(C)C)n2)n1. The van der Waals surface area contributed by atoms with E-state index in [1.165, 1.54) is 0 Å². The van der Waals surface area contributed by atoms with Gasteiger partial charge in [0.05, 0.1) is 0 Å². The Morgan fingerprint density at radius 2 is 2.06 bits per heavy atom. The molecule has 2 aromatic rings. The van der Waals surface area contributed by atoms with Crippen LogP contribution in [0, 0.1) is 12.8 Å². The van der Waals surface area contributed by atoms with Gasteiger partial charge >= 0.3 is 0 Å². The summed E-state index contributed by atoms with van der Waals surface area (Å²) in [6.07, 6.45) is 0.907. The van der Waals surface area contributed by atoms with Crippen LogP contribution in [0.3, 0.4) is 0 Å². The number of rotatable bonds is 3. The van der Waals surface area contributed by atoms with Gasteiger partial charge < -0.3 is 5.73 Å². The first-order chi connectivity index (χ1) is 8.04. The molecule has 0 amide bonds. The van der Waals surface area contributed by atoms with Gasteiger partial charge in [0.15, 0.2) is 10.8 Å². The lowest BCUT2D eigenvalue weighted by Gasteiger charge is -2.06. The summed E-state index contributed by atoms with van der Waals surface area (Å²) < 4.78 is 0. The minimum atomic E-state index is 0.513. The van der Waals surface area contributed by atoms with Crippen molar-refractivity contribution >= 4 is 17.2 Å². The third-order valence-corrected chi connectivity index (χ3v) is 3.18. The molecule has 0 bridgehead atoms. The van der Waals surface area contributed by atoms with E-state index >= 15 is 0 Å². The number of nitrogens with zero attached hydrogens (tertiary/aromatic N) is 3. The van der Waals surface area contributed by atoms with Crippen molar-refractivity contribution in [3.8, 4) is 10.8 Å². The molecule has 4 nitrogen and oxygen atoms in total. The van der Waals surface area contributed by atoms with Crippen molar-refractivity contribution in [2.75, 3.05) is 5.73 Å². The van der Waals surface area contributed by atoms with Gasteiger partial charge in [0, 0.05) is 22.8 Å². The Balaban J connectivity index is 2.37. The van der Waals surface area contributed by atoms with Gasteiger partial charge in [0.25, 0.3) is 0 Å². The highest BCUT2D eigenvalue weighted by Crippen LogP contribution is 2.21. The standard InChI is InChI=1S/C12H16N4S/c1-7(2)4-9-5-10(13)16-11(15-9)12-14-8(3)6-17-12/h5-7H,4H2,1-3H3,(H2,13,15,16). The first kappa shape index (κ1) is 12.0. The van der Waals surface area contributed by atoms with Crippen LogP contribution in [0.2, 0.25) is 0 Å². The smallest absolute Gasteiger partial charge is 0.190 e. The van der Waals surface area contributed by atoms with E-state index in [0.717, 1.165) is 22.8 Å². The summed E-state index contributed by atoms with van der Waals surface area (Å²) in [4.78, 5) is 13.1. The molecule has 2 aromatic heterocycles. The maximum Gasteiger partial charge on any atom is 0.190 e. The van der Waals surface area contributed by atoms with Crippen molar-refractivity contribution in [2.24, 2.45) is 5.92 Å². The topological polar surface area (TPSA) is 64.7 Å². The second-order valence-electron chi connectivity index (χ2n) is 4.50. The molecule has 0 saturated heterocycles. The zero-order valence-corrected chi connectivity index (χ0v) is 11.1. The fraction of sp³-hybridized carbons (Fsp3) is 0.417. The third-order valence-electron chi connectivity index (χ3n) is 2.23. The molecule has 0 aliphatic rings. The first-order valence-corrected chi connectivity index (χ1v) is 6.48. The van der Waals surface area contributed by atoms with E-state index in [0.29, 0.717) is 17.6 Å². The second-order valence-corrected chi connectivity index (χ2v) is 5.36. The summed E-state index contributed by atoms with van der Waals surface area (Å²) in [6.45, 7) is 6.28. The van der Waals surface area contributed by atoms with Gasteiger partial charge in [0.2, 0.25) is 0 Å². The van der Waals surface area contributed by atoms with Crippen LogP contribution in [0.5, 0.6) is 0 Å². The molecule has 0 fully saturated rings. The average molecular weight is 248 g/mol. The number of aromatic nitrogens is 3. The Kier molecular flexibility index (Phi) is 3.38. The highest BCUT2D eigenvalue weighted by Gasteiger charge is 2.09. The number of hydrogen-bond acceptors (Lipinski definition) is 5. The van der Waals surface area contributed by atoms with E-state index in [1.807, 2.05) is 18.4 Å². The van der Waals surface area contributed by atoms with Crippen molar-refractivity contribution in [3.63, 3.8) is 0 Å². The quantitative estimate of drug-likeness (QED) is 0.907. The van der Waals surface area contributed by atoms with Gasteiger partial charge in [0.1, 0.15) is 5.82 Å². The largest absolute Gasteiger partial charge is 0.384 e. The summed E-state index contributed by atoms with van der Waals surface area (Å²) in [5.41, 5.74) is 7.77.